The Balaban J connectivity index is 2.62. The topological polar surface area (TPSA) is 63.6 Å². The quantitative estimate of drug-likeness (QED) is 0.494. The molecule has 5 heteroatoms. The molecule has 0 heterocycles. The molecule has 0 aliphatic heterocycles. The van der Waals surface area contributed by atoms with Gasteiger partial charge in [0.05, 0.1) is 10.0 Å². The smallest absolute Gasteiger partial charge is 0.335 e. The van der Waals surface area contributed by atoms with Crippen molar-refractivity contribution in [2.75, 3.05) is 0 Å². The zero-order chi connectivity index (χ0) is 13.5. The van der Waals surface area contributed by atoms with E-state index in [0.717, 1.165) is 19.3 Å². The van der Waals surface area contributed by atoms with Gasteiger partial charge in [0.25, 0.3) is 0 Å². The van der Waals surface area contributed by atoms with E-state index < -0.39 is 5.97 Å². The molecule has 0 aliphatic rings. The second-order valence-electron chi connectivity index (χ2n) is 3.88. The van der Waals surface area contributed by atoms with Crippen LogP contribution < -0.4 is 4.74 Å². The molecular weight excluding hydrogens is 300 g/mol. The van der Waals surface area contributed by atoms with E-state index in [0.29, 0.717) is 16.6 Å². The molecule has 1 rings (SSSR count). The van der Waals surface area contributed by atoms with E-state index in [1.807, 2.05) is 0 Å². The van der Waals surface area contributed by atoms with Crippen LogP contribution in [0.15, 0.2) is 22.7 Å². The molecule has 1 aromatic carbocycles. The van der Waals surface area contributed by atoms with Crippen molar-refractivity contribution < 1.29 is 19.4 Å². The predicted octanol–water partition coefficient (Wildman–Crippen LogP) is 3.63. The van der Waals surface area contributed by atoms with Crippen molar-refractivity contribution in [2.45, 2.75) is 32.6 Å². The van der Waals surface area contributed by atoms with Gasteiger partial charge in [-0.05, 0) is 40.5 Å². The second-order valence-corrected chi connectivity index (χ2v) is 4.74. The Labute approximate surface area is 114 Å². The summed E-state index contributed by atoms with van der Waals surface area (Å²) in [7, 11) is 0. The number of carbonyl (C=O) groups is 2. The number of esters is 1. The van der Waals surface area contributed by atoms with Crippen LogP contribution in [0.2, 0.25) is 0 Å². The maximum atomic E-state index is 11.5. The van der Waals surface area contributed by atoms with Gasteiger partial charge in [-0.1, -0.05) is 19.8 Å². The molecule has 0 amide bonds. The molecule has 0 bridgehead atoms. The second kappa shape index (κ2) is 7.16. The average Bonchev–Trinajstić information content (AvgIpc) is 2.32. The number of benzene rings is 1. The predicted molar refractivity (Wildman–Crippen MR) is 70.9 cm³/mol. The number of halogens is 1. The van der Waals surface area contributed by atoms with Crippen LogP contribution in [0.1, 0.15) is 43.0 Å². The van der Waals surface area contributed by atoms with E-state index >= 15 is 0 Å². The van der Waals surface area contributed by atoms with E-state index in [-0.39, 0.29) is 11.5 Å². The van der Waals surface area contributed by atoms with Gasteiger partial charge in [0, 0.05) is 6.42 Å². The standard InChI is InChI=1S/C13H15BrO4/c1-2-3-4-5-12(15)18-11-7-6-9(13(16)17)8-10(11)14/h6-8H,2-5H2,1H3,(H,16,17). The summed E-state index contributed by atoms with van der Waals surface area (Å²) >= 11 is 3.19. The molecule has 0 unspecified atom stereocenters. The monoisotopic (exact) mass is 314 g/mol. The van der Waals surface area contributed by atoms with Crippen LogP contribution in [-0.4, -0.2) is 17.0 Å². The van der Waals surface area contributed by atoms with E-state index in [1.165, 1.54) is 18.2 Å². The zero-order valence-corrected chi connectivity index (χ0v) is 11.7. The molecule has 1 aromatic rings. The Morgan fingerprint density at radius 3 is 2.61 bits per heavy atom. The van der Waals surface area contributed by atoms with Crippen LogP contribution in [0.25, 0.3) is 0 Å². The van der Waals surface area contributed by atoms with Gasteiger partial charge in [-0.15, -0.1) is 0 Å². The summed E-state index contributed by atoms with van der Waals surface area (Å²) in [6, 6.07) is 4.30. The Morgan fingerprint density at radius 2 is 2.06 bits per heavy atom. The van der Waals surface area contributed by atoms with E-state index in [2.05, 4.69) is 22.9 Å². The normalized spacial score (nSPS) is 10.1. The van der Waals surface area contributed by atoms with Gasteiger partial charge in [-0.25, -0.2) is 4.79 Å². The minimum Gasteiger partial charge on any atom is -0.478 e. The largest absolute Gasteiger partial charge is 0.478 e. The number of rotatable bonds is 6. The molecule has 98 valence electrons. The average molecular weight is 315 g/mol. The zero-order valence-electron chi connectivity index (χ0n) is 10.1. The molecule has 0 spiro atoms. The van der Waals surface area contributed by atoms with E-state index in [1.54, 1.807) is 0 Å². The number of hydrogen-bond donors (Lipinski definition) is 1. The molecule has 0 radical (unpaired) electrons. The number of ether oxygens (including phenoxy) is 1. The fourth-order valence-electron chi connectivity index (χ4n) is 1.41. The van der Waals surface area contributed by atoms with Crippen molar-refractivity contribution in [1.82, 2.24) is 0 Å². The lowest BCUT2D eigenvalue weighted by Gasteiger charge is -2.06. The van der Waals surface area contributed by atoms with Gasteiger partial charge < -0.3 is 9.84 Å². The Morgan fingerprint density at radius 1 is 1.33 bits per heavy atom. The lowest BCUT2D eigenvalue weighted by molar-refractivity contribution is -0.134. The molecule has 0 fully saturated rings. The number of unbranched alkanes of at least 4 members (excludes halogenated alkanes) is 2. The first kappa shape index (κ1) is 14.7. The minimum atomic E-state index is -1.02. The fraction of sp³-hybridized carbons (Fsp3) is 0.385. The molecule has 0 saturated carbocycles. The highest BCUT2D eigenvalue weighted by molar-refractivity contribution is 9.10. The summed E-state index contributed by atoms with van der Waals surface area (Å²) in [4.78, 5) is 22.2. The summed E-state index contributed by atoms with van der Waals surface area (Å²) in [6.07, 6.45) is 3.22. The number of aromatic carboxylic acids is 1. The first-order valence-electron chi connectivity index (χ1n) is 5.78. The van der Waals surface area contributed by atoms with Gasteiger partial charge in [0.1, 0.15) is 5.75 Å². The van der Waals surface area contributed by atoms with Crippen molar-refractivity contribution in [3.8, 4) is 5.75 Å². The maximum absolute atomic E-state index is 11.5. The third-order valence-corrected chi connectivity index (χ3v) is 3.01. The lowest BCUT2D eigenvalue weighted by atomic mass is 10.2. The summed E-state index contributed by atoms with van der Waals surface area (Å²) in [5, 5.41) is 8.80. The highest BCUT2D eigenvalue weighted by Crippen LogP contribution is 2.26. The molecule has 1 N–H and O–H groups in total. The fourth-order valence-corrected chi connectivity index (χ4v) is 1.87. The Hall–Kier alpha value is -1.36. The maximum Gasteiger partial charge on any atom is 0.335 e. The minimum absolute atomic E-state index is 0.146. The number of carbonyl (C=O) groups excluding carboxylic acids is 1. The van der Waals surface area contributed by atoms with E-state index in [4.69, 9.17) is 9.84 Å². The molecule has 0 aromatic heterocycles. The molecular formula is C13H15BrO4. The van der Waals surface area contributed by atoms with Gasteiger partial charge in [0.15, 0.2) is 0 Å². The molecule has 0 aliphatic carbocycles. The van der Waals surface area contributed by atoms with Crippen molar-refractivity contribution in [1.29, 1.82) is 0 Å². The summed E-state index contributed by atoms with van der Waals surface area (Å²) < 4.78 is 5.61. The third-order valence-electron chi connectivity index (χ3n) is 2.39. The van der Waals surface area contributed by atoms with Crippen LogP contribution in [0, 0.1) is 0 Å². The van der Waals surface area contributed by atoms with Gasteiger partial charge in [-0.3, -0.25) is 4.79 Å². The van der Waals surface area contributed by atoms with Gasteiger partial charge in [0.2, 0.25) is 0 Å². The van der Waals surface area contributed by atoms with Crippen LogP contribution in [0.4, 0.5) is 0 Å². The first-order valence-corrected chi connectivity index (χ1v) is 6.57. The number of carboxylic acid groups (broad SMARTS) is 1. The van der Waals surface area contributed by atoms with Crippen molar-refractivity contribution >= 4 is 27.9 Å². The third kappa shape index (κ3) is 4.49. The molecule has 4 nitrogen and oxygen atoms in total. The first-order chi connectivity index (χ1) is 8.54. The molecule has 18 heavy (non-hydrogen) atoms. The molecule has 0 atom stereocenters. The Kier molecular flexibility index (Phi) is 5.85. The van der Waals surface area contributed by atoms with Crippen molar-refractivity contribution in [3.05, 3.63) is 28.2 Å². The highest BCUT2D eigenvalue weighted by Gasteiger charge is 2.10. The van der Waals surface area contributed by atoms with Crippen LogP contribution in [-0.2, 0) is 4.79 Å². The van der Waals surface area contributed by atoms with Crippen LogP contribution >= 0.6 is 15.9 Å². The van der Waals surface area contributed by atoms with Crippen LogP contribution in [0.3, 0.4) is 0 Å². The number of carboxylic acids is 1. The van der Waals surface area contributed by atoms with E-state index in [9.17, 15) is 9.59 Å². The number of hydrogen-bond acceptors (Lipinski definition) is 3. The Bertz CT molecular complexity index is 443. The lowest BCUT2D eigenvalue weighted by Crippen LogP contribution is -2.08. The molecule has 0 saturated heterocycles. The van der Waals surface area contributed by atoms with Crippen molar-refractivity contribution in [3.63, 3.8) is 0 Å². The van der Waals surface area contributed by atoms with Gasteiger partial charge in [-0.2, -0.15) is 0 Å². The summed E-state index contributed by atoms with van der Waals surface area (Å²) in [5.74, 6) is -0.967. The van der Waals surface area contributed by atoms with Crippen molar-refractivity contribution in [2.24, 2.45) is 0 Å². The van der Waals surface area contributed by atoms with Crippen LogP contribution in [0.5, 0.6) is 5.75 Å². The van der Waals surface area contributed by atoms with Gasteiger partial charge >= 0.3 is 11.9 Å². The summed E-state index contributed by atoms with van der Waals surface area (Å²) in [6.45, 7) is 2.06. The highest BCUT2D eigenvalue weighted by atomic mass is 79.9. The summed E-state index contributed by atoms with van der Waals surface area (Å²) in [5.41, 5.74) is 0.146. The SMILES string of the molecule is CCCCCC(=O)Oc1ccc(C(=O)O)cc1Br.